The zero-order valence-electron chi connectivity index (χ0n) is 10.1. The van der Waals surface area contributed by atoms with Gasteiger partial charge in [0, 0.05) is 6.54 Å². The Morgan fingerprint density at radius 2 is 2.35 bits per heavy atom. The van der Waals surface area contributed by atoms with Crippen molar-refractivity contribution in [2.24, 2.45) is 5.73 Å². The molecule has 1 heterocycles. The summed E-state index contributed by atoms with van der Waals surface area (Å²) >= 11 is 0. The minimum Gasteiger partial charge on any atom is -0.486 e. The third-order valence-corrected chi connectivity index (χ3v) is 2.87. The van der Waals surface area contributed by atoms with Crippen LogP contribution in [0.5, 0.6) is 5.75 Å². The van der Waals surface area contributed by atoms with Gasteiger partial charge in [0.15, 0.2) is 5.78 Å². The smallest absolute Gasteiger partial charge is 0.328 e. The zero-order valence-corrected chi connectivity index (χ0v) is 10.1. The van der Waals surface area contributed by atoms with Crippen LogP contribution in [0.3, 0.4) is 0 Å². The number of fused-ring (bicyclic) bond motifs is 1. The molecule has 0 spiro atoms. The molecule has 0 saturated carbocycles. The Kier molecular flexibility index (Phi) is 3.50. The maximum absolute atomic E-state index is 10.9. The van der Waals surface area contributed by atoms with E-state index >= 15 is 0 Å². The molecule has 0 amide bonds. The molecule has 4 nitrogen and oxygen atoms in total. The molecule has 0 fully saturated rings. The summed E-state index contributed by atoms with van der Waals surface area (Å²) in [5, 5.41) is 0. The summed E-state index contributed by atoms with van der Waals surface area (Å²) in [6.07, 6.45) is -0.0686. The first-order chi connectivity index (χ1) is 8.13. The summed E-state index contributed by atoms with van der Waals surface area (Å²) in [5.74, 6) is 0.727. The largest absolute Gasteiger partial charge is 0.486 e. The molecule has 5 heteroatoms. The number of benzene rings is 1. The lowest BCUT2D eigenvalue weighted by Gasteiger charge is -2.11. The molecule has 0 aromatic heterocycles. The molecule has 2 N–H and O–H groups in total. The summed E-state index contributed by atoms with van der Waals surface area (Å²) in [6.45, 7) is 3.98. The van der Waals surface area contributed by atoms with Crippen molar-refractivity contribution in [1.29, 1.82) is 0 Å². The molecule has 1 aromatic carbocycles. The molecule has 1 aliphatic heterocycles. The van der Waals surface area contributed by atoms with Crippen molar-refractivity contribution in [2.75, 3.05) is 13.2 Å². The van der Waals surface area contributed by atoms with Crippen LogP contribution in [0.25, 0.3) is 0 Å². The normalized spacial score (nSPS) is 18.1. The summed E-state index contributed by atoms with van der Waals surface area (Å²) in [6, 6.07) is 5.76. The van der Waals surface area contributed by atoms with E-state index in [1.54, 1.807) is 0 Å². The standard InChI is InChI=1S/C12H16BNO3/c1-8(15)7-16-10-5-3-4-9-11(6-14)17-13(2)12(9)10/h3-5,11H,6-7,14H2,1-2H3/t11-/m1/s1. The van der Waals surface area contributed by atoms with Crippen LogP contribution in [0.1, 0.15) is 18.6 Å². The van der Waals surface area contributed by atoms with Gasteiger partial charge in [0.05, 0.1) is 6.10 Å². The van der Waals surface area contributed by atoms with Gasteiger partial charge >= 0.3 is 6.92 Å². The Balaban J connectivity index is 2.30. The monoisotopic (exact) mass is 233 g/mol. The molecule has 0 radical (unpaired) electrons. The van der Waals surface area contributed by atoms with Crippen LogP contribution in [0.2, 0.25) is 6.82 Å². The molecule has 1 aromatic rings. The SMILES string of the molecule is CB1O[C@H](CN)c2cccc(OCC(C)=O)c21. The molecule has 2 rings (SSSR count). The van der Waals surface area contributed by atoms with Crippen LogP contribution < -0.4 is 15.9 Å². The highest BCUT2D eigenvalue weighted by atomic mass is 16.5. The Labute approximate surface area is 101 Å². The Morgan fingerprint density at radius 3 is 3.00 bits per heavy atom. The molecule has 1 atom stereocenters. The third kappa shape index (κ3) is 2.35. The van der Waals surface area contributed by atoms with E-state index in [0.717, 1.165) is 16.8 Å². The van der Waals surface area contributed by atoms with Gasteiger partial charge in [0.25, 0.3) is 0 Å². The molecule has 0 aliphatic carbocycles. The van der Waals surface area contributed by atoms with Crippen molar-refractivity contribution in [1.82, 2.24) is 0 Å². The van der Waals surface area contributed by atoms with Gasteiger partial charge in [-0.05, 0) is 24.0 Å². The summed E-state index contributed by atoms with van der Waals surface area (Å²) in [4.78, 5) is 10.9. The number of ketones is 1. The first-order valence-electron chi connectivity index (χ1n) is 5.74. The topological polar surface area (TPSA) is 61.6 Å². The molecule has 0 unspecified atom stereocenters. The van der Waals surface area contributed by atoms with Gasteiger partial charge in [0.2, 0.25) is 0 Å². The van der Waals surface area contributed by atoms with E-state index in [2.05, 4.69) is 0 Å². The zero-order chi connectivity index (χ0) is 12.4. The number of rotatable bonds is 4. The number of ether oxygens (including phenoxy) is 1. The molecule has 0 bridgehead atoms. The van der Waals surface area contributed by atoms with Crippen molar-refractivity contribution in [3.05, 3.63) is 23.8 Å². The van der Waals surface area contributed by atoms with Crippen LogP contribution >= 0.6 is 0 Å². The van der Waals surface area contributed by atoms with Crippen LogP contribution in [0.15, 0.2) is 18.2 Å². The van der Waals surface area contributed by atoms with E-state index in [4.69, 9.17) is 15.1 Å². The Hall–Kier alpha value is -1.33. The molecule has 1 aliphatic rings. The van der Waals surface area contributed by atoms with Gasteiger partial charge < -0.3 is 15.1 Å². The van der Waals surface area contributed by atoms with E-state index in [9.17, 15) is 4.79 Å². The summed E-state index contributed by atoms with van der Waals surface area (Å²) < 4.78 is 11.2. The minimum atomic E-state index is -0.0686. The second kappa shape index (κ2) is 4.90. The number of Topliss-reactive ketones (excluding diaryl/α,β-unsaturated/α-hetero) is 1. The van der Waals surface area contributed by atoms with E-state index in [1.165, 1.54) is 6.92 Å². The number of hydrogen-bond acceptors (Lipinski definition) is 4. The van der Waals surface area contributed by atoms with Gasteiger partial charge in [-0.15, -0.1) is 0 Å². The first-order valence-corrected chi connectivity index (χ1v) is 5.74. The van der Waals surface area contributed by atoms with E-state index < -0.39 is 0 Å². The summed E-state index contributed by atoms with van der Waals surface area (Å²) in [5.41, 5.74) is 7.75. The van der Waals surface area contributed by atoms with E-state index in [-0.39, 0.29) is 25.4 Å². The quantitative estimate of drug-likeness (QED) is 0.770. The van der Waals surface area contributed by atoms with Crippen LogP contribution in [0.4, 0.5) is 0 Å². The maximum atomic E-state index is 10.9. The Morgan fingerprint density at radius 1 is 1.59 bits per heavy atom. The predicted molar refractivity (Wildman–Crippen MR) is 66.8 cm³/mol. The molecule has 90 valence electrons. The average molecular weight is 233 g/mol. The number of hydrogen-bond donors (Lipinski definition) is 1. The highest BCUT2D eigenvalue weighted by Crippen LogP contribution is 2.27. The fourth-order valence-electron chi connectivity index (χ4n) is 2.15. The summed E-state index contributed by atoms with van der Waals surface area (Å²) in [7, 11) is 0. The molecule has 17 heavy (non-hydrogen) atoms. The highest BCUT2D eigenvalue weighted by Gasteiger charge is 2.33. The molecular weight excluding hydrogens is 217 g/mol. The second-order valence-electron chi connectivity index (χ2n) is 4.25. The fourth-order valence-corrected chi connectivity index (χ4v) is 2.15. The third-order valence-electron chi connectivity index (χ3n) is 2.87. The van der Waals surface area contributed by atoms with Crippen LogP contribution in [-0.2, 0) is 9.45 Å². The van der Waals surface area contributed by atoms with Crippen molar-refractivity contribution in [3.63, 3.8) is 0 Å². The van der Waals surface area contributed by atoms with Crippen molar-refractivity contribution in [2.45, 2.75) is 19.9 Å². The Bertz CT molecular complexity index is 436. The van der Waals surface area contributed by atoms with Crippen LogP contribution in [0, 0.1) is 0 Å². The predicted octanol–water partition coefficient (Wildman–Crippen LogP) is 0.513. The van der Waals surface area contributed by atoms with E-state index in [1.807, 2.05) is 25.0 Å². The first kappa shape index (κ1) is 12.1. The van der Waals surface area contributed by atoms with Crippen molar-refractivity contribution in [3.8, 4) is 5.75 Å². The molecular formula is C12H16BNO3. The lowest BCUT2D eigenvalue weighted by Crippen LogP contribution is -2.27. The number of carbonyl (C=O) groups is 1. The lowest BCUT2D eigenvalue weighted by atomic mass is 9.63. The minimum absolute atomic E-state index is 0.00421. The average Bonchev–Trinajstić information content (AvgIpc) is 2.64. The van der Waals surface area contributed by atoms with Gasteiger partial charge in [-0.25, -0.2) is 0 Å². The highest BCUT2D eigenvalue weighted by molar-refractivity contribution is 6.68. The van der Waals surface area contributed by atoms with Crippen LogP contribution in [-0.4, -0.2) is 25.9 Å². The second-order valence-corrected chi connectivity index (χ2v) is 4.25. The van der Waals surface area contributed by atoms with Gasteiger partial charge in [0.1, 0.15) is 12.4 Å². The lowest BCUT2D eigenvalue weighted by molar-refractivity contribution is -0.118. The fraction of sp³-hybridized carbons (Fsp3) is 0.417. The van der Waals surface area contributed by atoms with Gasteiger partial charge in [-0.1, -0.05) is 19.0 Å². The van der Waals surface area contributed by atoms with E-state index in [0.29, 0.717) is 6.54 Å². The van der Waals surface area contributed by atoms with Gasteiger partial charge in [-0.3, -0.25) is 4.79 Å². The molecule has 0 saturated heterocycles. The van der Waals surface area contributed by atoms with Gasteiger partial charge in [-0.2, -0.15) is 0 Å². The maximum Gasteiger partial charge on any atom is 0.328 e. The number of carbonyl (C=O) groups excluding carboxylic acids is 1. The number of nitrogens with two attached hydrogens (primary N) is 1. The van der Waals surface area contributed by atoms with Crippen molar-refractivity contribution >= 4 is 18.2 Å². The van der Waals surface area contributed by atoms with Crippen molar-refractivity contribution < 1.29 is 14.2 Å².